The molecule has 7 heteroatoms. The molecule has 1 aromatic heterocycles. The van der Waals surface area contributed by atoms with Crippen LogP contribution in [0.3, 0.4) is 0 Å². The standard InChI is InChI=1S/C19H26N4O2S/c1-19(2,3)17(24)20-15(13-14-7-5-4-6-8-14)16-21-22-18(25-16)23-9-11-26-12-10-23/h4-8,15H,9-13H2,1-3H3,(H,20,24)/t15-/m1/s1. The fourth-order valence-electron chi connectivity index (χ4n) is 2.67. The Morgan fingerprint density at radius 2 is 1.92 bits per heavy atom. The second kappa shape index (κ2) is 8.12. The first-order valence-electron chi connectivity index (χ1n) is 8.94. The van der Waals surface area contributed by atoms with Gasteiger partial charge in [0.2, 0.25) is 11.8 Å². The number of thioether (sulfide) groups is 1. The number of benzene rings is 1. The highest BCUT2D eigenvalue weighted by Gasteiger charge is 2.28. The number of hydrogen-bond acceptors (Lipinski definition) is 6. The fraction of sp³-hybridized carbons (Fsp3) is 0.526. The van der Waals surface area contributed by atoms with Crippen LogP contribution < -0.4 is 10.2 Å². The van der Waals surface area contributed by atoms with Crippen LogP contribution >= 0.6 is 11.8 Å². The van der Waals surface area contributed by atoms with E-state index in [4.69, 9.17) is 4.42 Å². The van der Waals surface area contributed by atoms with Crippen molar-refractivity contribution in [3.05, 3.63) is 41.8 Å². The molecule has 0 radical (unpaired) electrons. The summed E-state index contributed by atoms with van der Waals surface area (Å²) in [4.78, 5) is 14.6. The minimum atomic E-state index is -0.484. The maximum Gasteiger partial charge on any atom is 0.318 e. The van der Waals surface area contributed by atoms with Gasteiger partial charge >= 0.3 is 6.01 Å². The molecule has 1 saturated heterocycles. The Labute approximate surface area is 158 Å². The Morgan fingerprint density at radius 3 is 2.58 bits per heavy atom. The molecule has 3 rings (SSSR count). The second-order valence-corrected chi connectivity index (χ2v) is 8.71. The summed E-state index contributed by atoms with van der Waals surface area (Å²) in [5, 5.41) is 11.5. The predicted molar refractivity (Wildman–Crippen MR) is 104 cm³/mol. The molecule has 1 aliphatic heterocycles. The molecular formula is C19H26N4O2S. The van der Waals surface area contributed by atoms with Gasteiger partial charge in [-0.3, -0.25) is 4.79 Å². The van der Waals surface area contributed by atoms with Crippen LogP contribution in [0.4, 0.5) is 6.01 Å². The lowest BCUT2D eigenvalue weighted by atomic mass is 9.94. The molecule has 1 aromatic carbocycles. The zero-order valence-electron chi connectivity index (χ0n) is 15.6. The Balaban J connectivity index is 1.80. The average Bonchev–Trinajstić information content (AvgIpc) is 3.12. The molecule has 0 saturated carbocycles. The Morgan fingerprint density at radius 1 is 1.23 bits per heavy atom. The van der Waals surface area contributed by atoms with Gasteiger partial charge in [0.1, 0.15) is 6.04 Å². The third-order valence-electron chi connectivity index (χ3n) is 4.28. The van der Waals surface area contributed by atoms with Crippen LogP contribution in [0.5, 0.6) is 0 Å². The van der Waals surface area contributed by atoms with Gasteiger partial charge in [-0.1, -0.05) is 56.2 Å². The maximum atomic E-state index is 12.5. The van der Waals surface area contributed by atoms with E-state index in [0.717, 1.165) is 30.2 Å². The Bertz CT molecular complexity index is 721. The van der Waals surface area contributed by atoms with Gasteiger partial charge in [-0.05, 0) is 5.56 Å². The van der Waals surface area contributed by atoms with E-state index in [1.165, 1.54) is 0 Å². The zero-order chi connectivity index (χ0) is 18.6. The molecule has 1 atom stereocenters. The van der Waals surface area contributed by atoms with Crippen LogP contribution in [0.25, 0.3) is 0 Å². The lowest BCUT2D eigenvalue weighted by Crippen LogP contribution is -2.38. The average molecular weight is 375 g/mol. The van der Waals surface area contributed by atoms with E-state index in [1.54, 1.807) is 0 Å². The van der Waals surface area contributed by atoms with Crippen molar-refractivity contribution < 1.29 is 9.21 Å². The smallest absolute Gasteiger partial charge is 0.318 e. The minimum absolute atomic E-state index is 0.0347. The van der Waals surface area contributed by atoms with Crippen molar-refractivity contribution in [2.45, 2.75) is 33.2 Å². The molecule has 2 aromatic rings. The van der Waals surface area contributed by atoms with Crippen molar-refractivity contribution in [1.82, 2.24) is 15.5 Å². The van der Waals surface area contributed by atoms with Gasteiger partial charge in [-0.2, -0.15) is 11.8 Å². The Kier molecular flexibility index (Phi) is 5.86. The van der Waals surface area contributed by atoms with E-state index >= 15 is 0 Å². The van der Waals surface area contributed by atoms with E-state index in [1.807, 2.05) is 62.9 Å². The van der Waals surface area contributed by atoms with Crippen molar-refractivity contribution in [3.63, 3.8) is 0 Å². The van der Waals surface area contributed by atoms with Crippen molar-refractivity contribution in [2.75, 3.05) is 29.5 Å². The van der Waals surface area contributed by atoms with Gasteiger partial charge in [-0.15, -0.1) is 5.10 Å². The number of aromatic nitrogens is 2. The van der Waals surface area contributed by atoms with E-state index in [2.05, 4.69) is 20.4 Å². The lowest BCUT2D eigenvalue weighted by Gasteiger charge is -2.24. The van der Waals surface area contributed by atoms with Gasteiger partial charge in [0, 0.05) is 36.4 Å². The second-order valence-electron chi connectivity index (χ2n) is 7.49. The molecule has 1 aliphatic rings. The topological polar surface area (TPSA) is 71.3 Å². The molecule has 1 fully saturated rings. The summed E-state index contributed by atoms with van der Waals surface area (Å²) in [6.45, 7) is 7.50. The number of nitrogens with zero attached hydrogens (tertiary/aromatic N) is 3. The summed E-state index contributed by atoms with van der Waals surface area (Å²) in [7, 11) is 0. The molecule has 0 spiro atoms. The molecule has 26 heavy (non-hydrogen) atoms. The highest BCUT2D eigenvalue weighted by Crippen LogP contribution is 2.24. The van der Waals surface area contributed by atoms with E-state index in [-0.39, 0.29) is 11.9 Å². The van der Waals surface area contributed by atoms with E-state index in [0.29, 0.717) is 18.3 Å². The Hall–Kier alpha value is -2.02. The molecule has 6 nitrogen and oxygen atoms in total. The van der Waals surface area contributed by atoms with Crippen LogP contribution in [0.2, 0.25) is 0 Å². The minimum Gasteiger partial charge on any atom is -0.406 e. The van der Waals surface area contributed by atoms with Crippen LogP contribution in [-0.2, 0) is 11.2 Å². The third-order valence-corrected chi connectivity index (χ3v) is 5.22. The summed E-state index contributed by atoms with van der Waals surface area (Å²) >= 11 is 1.93. The normalized spacial score (nSPS) is 16.3. The largest absolute Gasteiger partial charge is 0.406 e. The van der Waals surface area contributed by atoms with Crippen molar-refractivity contribution in [3.8, 4) is 0 Å². The number of amides is 1. The van der Waals surface area contributed by atoms with Crippen LogP contribution in [-0.4, -0.2) is 40.7 Å². The zero-order valence-corrected chi connectivity index (χ0v) is 16.4. The maximum absolute atomic E-state index is 12.5. The van der Waals surface area contributed by atoms with Gasteiger partial charge in [0.25, 0.3) is 0 Å². The highest BCUT2D eigenvalue weighted by molar-refractivity contribution is 7.99. The van der Waals surface area contributed by atoms with Gasteiger partial charge < -0.3 is 14.6 Å². The van der Waals surface area contributed by atoms with Crippen molar-refractivity contribution in [1.29, 1.82) is 0 Å². The summed E-state index contributed by atoms with van der Waals surface area (Å²) in [6, 6.07) is 10.2. The van der Waals surface area contributed by atoms with Gasteiger partial charge in [-0.25, -0.2) is 0 Å². The molecule has 140 valence electrons. The third kappa shape index (κ3) is 4.78. The number of hydrogen-bond donors (Lipinski definition) is 1. The number of carbonyl (C=O) groups excluding carboxylic acids is 1. The van der Waals surface area contributed by atoms with Gasteiger partial charge in [0.15, 0.2) is 0 Å². The number of carbonyl (C=O) groups is 1. The molecule has 0 unspecified atom stereocenters. The fourth-order valence-corrected chi connectivity index (χ4v) is 3.58. The quantitative estimate of drug-likeness (QED) is 0.867. The molecule has 0 aliphatic carbocycles. The highest BCUT2D eigenvalue weighted by atomic mass is 32.2. The first-order valence-corrected chi connectivity index (χ1v) is 10.1. The number of anilines is 1. The van der Waals surface area contributed by atoms with Gasteiger partial charge in [0.05, 0.1) is 0 Å². The number of nitrogens with one attached hydrogen (secondary N) is 1. The summed E-state index contributed by atoms with van der Waals surface area (Å²) < 4.78 is 5.95. The first-order chi connectivity index (χ1) is 12.4. The summed E-state index contributed by atoms with van der Waals surface area (Å²) in [5.74, 6) is 2.55. The van der Waals surface area contributed by atoms with Crippen LogP contribution in [0, 0.1) is 5.41 Å². The number of rotatable bonds is 5. The predicted octanol–water partition coefficient (Wildman–Crippen LogP) is 3.07. The summed E-state index contributed by atoms with van der Waals surface area (Å²) in [5.41, 5.74) is 0.628. The van der Waals surface area contributed by atoms with E-state index in [9.17, 15) is 4.79 Å². The molecule has 2 heterocycles. The molecule has 0 bridgehead atoms. The molecule has 1 amide bonds. The molecule has 1 N–H and O–H groups in total. The monoisotopic (exact) mass is 374 g/mol. The molecular weight excluding hydrogens is 348 g/mol. The van der Waals surface area contributed by atoms with Crippen molar-refractivity contribution in [2.24, 2.45) is 5.41 Å². The lowest BCUT2D eigenvalue weighted by molar-refractivity contribution is -0.129. The van der Waals surface area contributed by atoms with Crippen LogP contribution in [0.15, 0.2) is 34.7 Å². The summed E-state index contributed by atoms with van der Waals surface area (Å²) in [6.07, 6.45) is 0.611. The van der Waals surface area contributed by atoms with E-state index < -0.39 is 5.41 Å². The van der Waals surface area contributed by atoms with Crippen LogP contribution in [0.1, 0.15) is 38.3 Å². The SMILES string of the molecule is CC(C)(C)C(=O)N[C@H](Cc1ccccc1)c1nnc(N2CCSCC2)o1. The first kappa shape index (κ1) is 18.8. The van der Waals surface area contributed by atoms with Crippen molar-refractivity contribution >= 4 is 23.7 Å².